The number of nitrogens with two attached hydrogens (primary N) is 1. The lowest BCUT2D eigenvalue weighted by Crippen LogP contribution is -2.29. The van der Waals surface area contributed by atoms with E-state index in [-0.39, 0.29) is 38.6 Å². The number of rotatable bonds is 59. The molecule has 10 heteroatoms. The molecule has 72 heavy (non-hydrogen) atoms. The van der Waals surface area contributed by atoms with Crippen molar-refractivity contribution in [3.8, 4) is 0 Å². The Labute approximate surface area is 445 Å². The highest BCUT2D eigenvalue weighted by Gasteiger charge is 2.26. The fourth-order valence-corrected chi connectivity index (χ4v) is 10.0. The summed E-state index contributed by atoms with van der Waals surface area (Å²) in [7, 11) is -4.39. The van der Waals surface area contributed by atoms with Crippen LogP contribution in [0.5, 0.6) is 0 Å². The molecule has 0 radical (unpaired) electrons. The number of allylic oxidation sites excluding steroid dienone is 6. The van der Waals surface area contributed by atoms with Crippen LogP contribution in [0, 0.1) is 0 Å². The van der Waals surface area contributed by atoms with Gasteiger partial charge in [0.1, 0.15) is 6.61 Å². The molecule has 0 aliphatic rings. The second kappa shape index (κ2) is 58.5. The zero-order valence-corrected chi connectivity index (χ0v) is 48.3. The lowest BCUT2D eigenvalue weighted by Gasteiger charge is -2.19. The van der Waals surface area contributed by atoms with Crippen molar-refractivity contribution in [2.24, 2.45) is 5.73 Å². The van der Waals surface area contributed by atoms with Gasteiger partial charge in [-0.3, -0.25) is 18.6 Å². The lowest BCUT2D eigenvalue weighted by molar-refractivity contribution is -0.161. The topological polar surface area (TPSA) is 134 Å². The molecule has 424 valence electrons. The highest BCUT2D eigenvalue weighted by atomic mass is 31.2. The standard InChI is InChI=1S/C62H118NO8P/c1-3-5-7-9-11-13-15-17-19-21-22-23-24-25-26-27-28-29-30-31-32-33-34-35-36-37-39-40-42-44-46-48-50-52-54-61(64)68-58-60(59-70-72(66,67)69-57-56-63)71-62(65)55-53-51-49-47-45-43-41-38-20-18-16-14-12-10-8-6-4-2/h6,8,12,14,18,20,60H,3-5,7,9-11,13,15-17,19,21-59,63H2,1-2H3,(H,66,67)/b8-6-,14-12-,20-18-. The number of unbranched alkanes of at least 4 members (excludes halogenated alkanes) is 40. The van der Waals surface area contributed by atoms with Crippen LogP contribution >= 0.6 is 7.82 Å². The number of carbonyl (C=O) groups excluding carboxylic acids is 2. The van der Waals surface area contributed by atoms with Crippen molar-refractivity contribution in [2.45, 2.75) is 322 Å². The van der Waals surface area contributed by atoms with Gasteiger partial charge in [-0.1, -0.05) is 294 Å². The molecule has 0 aromatic carbocycles. The number of carbonyl (C=O) groups is 2. The molecule has 0 rings (SSSR count). The Kier molecular flexibility index (Phi) is 57.1. The van der Waals surface area contributed by atoms with Gasteiger partial charge in [0.05, 0.1) is 13.2 Å². The third kappa shape index (κ3) is 57.5. The number of phosphoric ester groups is 1. The predicted molar refractivity (Wildman–Crippen MR) is 307 cm³/mol. The Hall–Kier alpha value is -1.77. The van der Waals surface area contributed by atoms with Crippen molar-refractivity contribution in [3.05, 3.63) is 36.5 Å². The Bertz CT molecular complexity index is 1270. The highest BCUT2D eigenvalue weighted by Crippen LogP contribution is 2.43. The van der Waals surface area contributed by atoms with Crippen LogP contribution in [-0.4, -0.2) is 49.3 Å². The maximum atomic E-state index is 12.7. The van der Waals surface area contributed by atoms with Crippen LogP contribution in [0.1, 0.15) is 316 Å². The molecule has 0 amide bonds. The molecule has 0 aliphatic carbocycles. The molecule has 0 aromatic rings. The first kappa shape index (κ1) is 70.2. The molecule has 0 fully saturated rings. The number of phosphoric acid groups is 1. The average molecular weight is 1040 g/mol. The third-order valence-corrected chi connectivity index (χ3v) is 14.8. The van der Waals surface area contributed by atoms with Gasteiger partial charge in [0.25, 0.3) is 0 Å². The molecule has 9 nitrogen and oxygen atoms in total. The van der Waals surface area contributed by atoms with Crippen molar-refractivity contribution in [1.82, 2.24) is 0 Å². The van der Waals surface area contributed by atoms with E-state index < -0.39 is 26.5 Å². The van der Waals surface area contributed by atoms with Gasteiger partial charge in [0, 0.05) is 19.4 Å². The first-order valence-corrected chi connectivity index (χ1v) is 32.5. The third-order valence-electron chi connectivity index (χ3n) is 13.8. The molecule has 0 saturated heterocycles. The molecule has 0 heterocycles. The van der Waals surface area contributed by atoms with Crippen molar-refractivity contribution in [2.75, 3.05) is 26.4 Å². The molecule has 2 atom stereocenters. The molecule has 0 spiro atoms. The van der Waals surface area contributed by atoms with Crippen molar-refractivity contribution in [3.63, 3.8) is 0 Å². The van der Waals surface area contributed by atoms with E-state index in [0.29, 0.717) is 6.42 Å². The molecule has 0 saturated carbocycles. The first-order chi connectivity index (χ1) is 35.3. The van der Waals surface area contributed by atoms with E-state index in [1.165, 1.54) is 218 Å². The summed E-state index contributed by atoms with van der Waals surface area (Å²) in [4.78, 5) is 35.2. The van der Waals surface area contributed by atoms with Crippen molar-refractivity contribution < 1.29 is 37.6 Å². The predicted octanol–water partition coefficient (Wildman–Crippen LogP) is 19.6. The summed E-state index contributed by atoms with van der Waals surface area (Å²) in [6.45, 7) is 3.67. The Morgan fingerprint density at radius 2 is 0.764 bits per heavy atom. The van der Waals surface area contributed by atoms with Crippen LogP contribution < -0.4 is 5.73 Å². The zero-order valence-electron chi connectivity index (χ0n) is 47.4. The molecule has 0 aliphatic heterocycles. The lowest BCUT2D eigenvalue weighted by atomic mass is 10.0. The average Bonchev–Trinajstić information content (AvgIpc) is 3.37. The number of ether oxygens (including phenoxy) is 2. The Morgan fingerprint density at radius 3 is 1.14 bits per heavy atom. The number of esters is 2. The van der Waals surface area contributed by atoms with Crippen LogP contribution in [0.3, 0.4) is 0 Å². The van der Waals surface area contributed by atoms with E-state index in [0.717, 1.165) is 64.2 Å². The van der Waals surface area contributed by atoms with E-state index in [2.05, 4.69) is 50.3 Å². The first-order valence-electron chi connectivity index (χ1n) is 31.0. The molecule has 0 aromatic heterocycles. The van der Waals surface area contributed by atoms with Gasteiger partial charge in [-0.15, -0.1) is 0 Å². The van der Waals surface area contributed by atoms with Gasteiger partial charge in [-0.2, -0.15) is 0 Å². The minimum Gasteiger partial charge on any atom is -0.462 e. The van der Waals surface area contributed by atoms with Crippen molar-refractivity contribution in [1.29, 1.82) is 0 Å². The summed E-state index contributed by atoms with van der Waals surface area (Å²) in [6.07, 6.45) is 71.0. The van der Waals surface area contributed by atoms with Gasteiger partial charge in [-0.25, -0.2) is 4.57 Å². The van der Waals surface area contributed by atoms with Crippen LogP contribution in [0.15, 0.2) is 36.5 Å². The quantitative estimate of drug-likeness (QED) is 0.0264. The summed E-state index contributed by atoms with van der Waals surface area (Å²) in [5.41, 5.74) is 5.38. The molecular weight excluding hydrogens is 918 g/mol. The molecule has 3 N–H and O–H groups in total. The summed E-state index contributed by atoms with van der Waals surface area (Å²) < 4.78 is 33.0. The fourth-order valence-electron chi connectivity index (χ4n) is 9.24. The van der Waals surface area contributed by atoms with Crippen molar-refractivity contribution >= 4 is 19.8 Å². The monoisotopic (exact) mass is 1040 g/mol. The highest BCUT2D eigenvalue weighted by molar-refractivity contribution is 7.47. The fraction of sp³-hybridized carbons (Fsp3) is 0.871. The smallest absolute Gasteiger partial charge is 0.462 e. The van der Waals surface area contributed by atoms with Crippen LogP contribution in [-0.2, 0) is 32.7 Å². The SMILES string of the molecule is CC/C=C\C/C=C\C/C=C\CCCCCCCCCC(=O)OC(COC(=O)CCCCCCCCCCCCCCCCCCCCCCCCCCCCCCCCCCCC)COP(=O)(O)OCCN. The second-order valence-electron chi connectivity index (χ2n) is 20.9. The summed E-state index contributed by atoms with van der Waals surface area (Å²) in [5, 5.41) is 0. The van der Waals surface area contributed by atoms with Gasteiger partial charge in [0.15, 0.2) is 6.10 Å². The Morgan fingerprint density at radius 1 is 0.431 bits per heavy atom. The largest absolute Gasteiger partial charge is 0.472 e. The maximum Gasteiger partial charge on any atom is 0.472 e. The van der Waals surface area contributed by atoms with Gasteiger partial charge >= 0.3 is 19.8 Å². The van der Waals surface area contributed by atoms with Gasteiger partial charge < -0.3 is 20.1 Å². The minimum atomic E-state index is -4.39. The van der Waals surface area contributed by atoms with Crippen LogP contribution in [0.25, 0.3) is 0 Å². The Balaban J connectivity index is 3.80. The normalized spacial score (nSPS) is 13.2. The van der Waals surface area contributed by atoms with E-state index in [1.54, 1.807) is 0 Å². The zero-order chi connectivity index (χ0) is 52.4. The van der Waals surface area contributed by atoms with E-state index in [4.69, 9.17) is 24.3 Å². The van der Waals surface area contributed by atoms with Gasteiger partial charge in [-0.05, 0) is 44.9 Å². The van der Waals surface area contributed by atoms with E-state index in [9.17, 15) is 19.0 Å². The minimum absolute atomic E-state index is 0.0524. The van der Waals surface area contributed by atoms with Gasteiger partial charge in [0.2, 0.25) is 0 Å². The van der Waals surface area contributed by atoms with Crippen LogP contribution in [0.4, 0.5) is 0 Å². The van der Waals surface area contributed by atoms with Crippen LogP contribution in [0.2, 0.25) is 0 Å². The summed E-state index contributed by atoms with van der Waals surface area (Å²) in [6, 6.07) is 0. The molecule has 2 unspecified atom stereocenters. The second-order valence-corrected chi connectivity index (χ2v) is 22.4. The molecular formula is C62H118NO8P. The number of hydrogen-bond acceptors (Lipinski definition) is 8. The summed E-state index contributed by atoms with van der Waals surface area (Å²) >= 11 is 0. The van der Waals surface area contributed by atoms with E-state index >= 15 is 0 Å². The number of hydrogen-bond donors (Lipinski definition) is 2. The van der Waals surface area contributed by atoms with E-state index in [1.807, 2.05) is 0 Å². The molecule has 0 bridgehead atoms. The summed E-state index contributed by atoms with van der Waals surface area (Å²) in [5.74, 6) is -0.825. The maximum absolute atomic E-state index is 12.7.